The van der Waals surface area contributed by atoms with E-state index in [0.717, 1.165) is 5.56 Å². The second kappa shape index (κ2) is 7.53. The molecule has 1 aliphatic heterocycles. The molecular weight excluding hydrogens is 339 g/mol. The summed E-state index contributed by atoms with van der Waals surface area (Å²) in [7, 11) is 0. The van der Waals surface area contributed by atoms with E-state index in [9.17, 15) is 14.0 Å². The van der Waals surface area contributed by atoms with Gasteiger partial charge in [0, 0.05) is 12.5 Å². The van der Waals surface area contributed by atoms with Gasteiger partial charge >= 0.3 is 6.09 Å². The van der Waals surface area contributed by atoms with Crippen LogP contribution < -0.4 is 10.2 Å². The van der Waals surface area contributed by atoms with Crippen LogP contribution in [0.5, 0.6) is 0 Å². The Morgan fingerprint density at radius 3 is 2.65 bits per heavy atom. The van der Waals surface area contributed by atoms with Crippen molar-refractivity contribution < 1.29 is 23.8 Å². The summed E-state index contributed by atoms with van der Waals surface area (Å²) in [6.45, 7) is 1.77. The van der Waals surface area contributed by atoms with Crippen LogP contribution in [-0.2, 0) is 16.1 Å². The standard InChI is InChI=1S/C19H19FN2O4/c1-12(24)21-9-16-10-22(19(25)26-16)15-6-7-17(18(20)8-15)14-4-2-13(11-23)3-5-14/h2-8,16,23H,9-11H2,1H3,(H,21,24)/t16-/m0/s1. The second-order valence-corrected chi connectivity index (χ2v) is 6.07. The van der Waals surface area contributed by atoms with Gasteiger partial charge in [0.25, 0.3) is 0 Å². The third-order valence-electron chi connectivity index (χ3n) is 4.16. The highest BCUT2D eigenvalue weighted by Gasteiger charge is 2.32. The minimum Gasteiger partial charge on any atom is -0.442 e. The first-order chi connectivity index (χ1) is 12.5. The van der Waals surface area contributed by atoms with Crippen molar-refractivity contribution in [2.75, 3.05) is 18.0 Å². The number of nitrogens with zero attached hydrogens (tertiary/aromatic N) is 1. The van der Waals surface area contributed by atoms with Crippen molar-refractivity contribution in [2.24, 2.45) is 0 Å². The van der Waals surface area contributed by atoms with Crippen LogP contribution in [0.25, 0.3) is 11.1 Å². The maximum atomic E-state index is 14.6. The smallest absolute Gasteiger partial charge is 0.414 e. The van der Waals surface area contributed by atoms with E-state index in [1.54, 1.807) is 36.4 Å². The molecule has 2 amide bonds. The van der Waals surface area contributed by atoms with Gasteiger partial charge in [0.15, 0.2) is 0 Å². The van der Waals surface area contributed by atoms with Gasteiger partial charge in [-0.3, -0.25) is 9.69 Å². The molecule has 0 radical (unpaired) electrons. The number of benzene rings is 2. The number of ether oxygens (including phenoxy) is 1. The van der Waals surface area contributed by atoms with Crippen LogP contribution in [-0.4, -0.2) is 36.3 Å². The topological polar surface area (TPSA) is 78.9 Å². The first-order valence-electron chi connectivity index (χ1n) is 8.20. The van der Waals surface area contributed by atoms with E-state index in [1.807, 2.05) is 0 Å². The van der Waals surface area contributed by atoms with Gasteiger partial charge in [-0.05, 0) is 29.3 Å². The second-order valence-electron chi connectivity index (χ2n) is 6.07. The van der Waals surface area contributed by atoms with Crippen LogP contribution in [0.2, 0.25) is 0 Å². The van der Waals surface area contributed by atoms with Gasteiger partial charge in [0.05, 0.1) is 25.4 Å². The van der Waals surface area contributed by atoms with Gasteiger partial charge in [-0.2, -0.15) is 0 Å². The Labute approximate surface area is 150 Å². The maximum Gasteiger partial charge on any atom is 0.414 e. The normalized spacial score (nSPS) is 16.5. The Kier molecular flexibility index (Phi) is 5.18. The van der Waals surface area contributed by atoms with Gasteiger partial charge < -0.3 is 15.2 Å². The Balaban J connectivity index is 1.76. The molecule has 0 unspecified atom stereocenters. The van der Waals surface area contributed by atoms with Gasteiger partial charge in [0.1, 0.15) is 11.9 Å². The average molecular weight is 358 g/mol. The van der Waals surface area contributed by atoms with Crippen molar-refractivity contribution in [1.29, 1.82) is 0 Å². The number of cyclic esters (lactones) is 1. The van der Waals surface area contributed by atoms with Gasteiger partial charge in [-0.15, -0.1) is 0 Å². The molecule has 0 aliphatic carbocycles. The molecule has 136 valence electrons. The summed E-state index contributed by atoms with van der Waals surface area (Å²) in [6, 6.07) is 11.5. The zero-order chi connectivity index (χ0) is 18.7. The zero-order valence-corrected chi connectivity index (χ0v) is 14.2. The molecule has 0 bridgehead atoms. The molecule has 3 rings (SSSR count). The SMILES string of the molecule is CC(=O)NC[C@H]1CN(c2ccc(-c3ccc(CO)cc3)c(F)c2)C(=O)O1. The number of hydrogen-bond donors (Lipinski definition) is 2. The molecular formula is C19H19FN2O4. The fraction of sp³-hybridized carbons (Fsp3) is 0.263. The van der Waals surface area contributed by atoms with Gasteiger partial charge in [-0.25, -0.2) is 9.18 Å². The summed E-state index contributed by atoms with van der Waals surface area (Å²) in [6.07, 6.45) is -1.04. The number of aliphatic hydroxyl groups is 1. The Morgan fingerprint density at radius 1 is 1.31 bits per heavy atom. The molecule has 2 N–H and O–H groups in total. The lowest BCUT2D eigenvalue weighted by Gasteiger charge is -2.14. The lowest BCUT2D eigenvalue weighted by molar-refractivity contribution is -0.119. The summed E-state index contributed by atoms with van der Waals surface area (Å²) < 4.78 is 19.7. The Bertz CT molecular complexity index is 823. The third-order valence-corrected chi connectivity index (χ3v) is 4.16. The summed E-state index contributed by atoms with van der Waals surface area (Å²) in [5, 5.41) is 11.7. The quantitative estimate of drug-likeness (QED) is 0.861. The van der Waals surface area contributed by atoms with Crippen molar-refractivity contribution in [3.05, 3.63) is 53.8 Å². The Hall–Kier alpha value is -2.93. The molecule has 0 aromatic heterocycles. The van der Waals surface area contributed by atoms with Gasteiger partial charge in [-0.1, -0.05) is 24.3 Å². The molecule has 1 fully saturated rings. The molecule has 1 aliphatic rings. The molecule has 1 saturated heterocycles. The van der Waals surface area contributed by atoms with E-state index in [0.29, 0.717) is 16.8 Å². The molecule has 6 nitrogen and oxygen atoms in total. The number of carbonyl (C=O) groups is 2. The zero-order valence-electron chi connectivity index (χ0n) is 14.2. The highest BCUT2D eigenvalue weighted by molar-refractivity contribution is 5.90. The first kappa shape index (κ1) is 17.9. The predicted octanol–water partition coefficient (Wildman–Crippen LogP) is 2.45. The van der Waals surface area contributed by atoms with Crippen LogP contribution in [0.4, 0.5) is 14.9 Å². The number of anilines is 1. The highest BCUT2D eigenvalue weighted by Crippen LogP contribution is 2.29. The minimum atomic E-state index is -0.570. The monoisotopic (exact) mass is 358 g/mol. The first-order valence-corrected chi connectivity index (χ1v) is 8.20. The van der Waals surface area contributed by atoms with E-state index in [-0.39, 0.29) is 25.6 Å². The van der Waals surface area contributed by atoms with E-state index in [2.05, 4.69) is 5.32 Å². The number of halogens is 1. The average Bonchev–Trinajstić information content (AvgIpc) is 3.01. The summed E-state index contributed by atoms with van der Waals surface area (Å²) in [5.74, 6) is -0.667. The largest absolute Gasteiger partial charge is 0.442 e. The maximum absolute atomic E-state index is 14.6. The van der Waals surface area contributed by atoms with Crippen LogP contribution in [0, 0.1) is 5.82 Å². The number of carbonyl (C=O) groups excluding carboxylic acids is 2. The van der Waals surface area contributed by atoms with Crippen LogP contribution >= 0.6 is 0 Å². The van der Waals surface area contributed by atoms with E-state index < -0.39 is 18.0 Å². The van der Waals surface area contributed by atoms with Crippen LogP contribution in [0.15, 0.2) is 42.5 Å². The molecule has 0 spiro atoms. The number of nitrogens with one attached hydrogen (secondary N) is 1. The lowest BCUT2D eigenvalue weighted by Crippen LogP contribution is -2.33. The number of rotatable bonds is 5. The van der Waals surface area contributed by atoms with Crippen molar-refractivity contribution >= 4 is 17.7 Å². The lowest BCUT2D eigenvalue weighted by atomic mass is 10.0. The van der Waals surface area contributed by atoms with Crippen molar-refractivity contribution in [1.82, 2.24) is 5.32 Å². The molecule has 1 atom stereocenters. The van der Waals surface area contributed by atoms with Gasteiger partial charge in [0.2, 0.25) is 5.91 Å². The van der Waals surface area contributed by atoms with Crippen LogP contribution in [0.3, 0.4) is 0 Å². The fourth-order valence-electron chi connectivity index (χ4n) is 2.79. The Morgan fingerprint density at radius 2 is 2.04 bits per heavy atom. The minimum absolute atomic E-state index is 0.0710. The molecule has 2 aromatic carbocycles. The molecule has 2 aromatic rings. The van der Waals surface area contributed by atoms with Crippen LogP contribution in [0.1, 0.15) is 12.5 Å². The van der Waals surface area contributed by atoms with Crippen molar-refractivity contribution in [2.45, 2.75) is 19.6 Å². The molecule has 0 saturated carbocycles. The molecule has 26 heavy (non-hydrogen) atoms. The molecule has 1 heterocycles. The van der Waals surface area contributed by atoms with Crippen molar-refractivity contribution in [3.8, 4) is 11.1 Å². The number of amides is 2. The summed E-state index contributed by atoms with van der Waals surface area (Å²) >= 11 is 0. The summed E-state index contributed by atoms with van der Waals surface area (Å²) in [4.78, 5) is 24.3. The summed E-state index contributed by atoms with van der Waals surface area (Å²) in [5.41, 5.74) is 2.23. The fourth-order valence-corrected chi connectivity index (χ4v) is 2.79. The highest BCUT2D eigenvalue weighted by atomic mass is 19.1. The van der Waals surface area contributed by atoms with E-state index >= 15 is 0 Å². The van der Waals surface area contributed by atoms with E-state index in [1.165, 1.54) is 17.9 Å². The number of aliphatic hydroxyl groups excluding tert-OH is 1. The number of hydrogen-bond acceptors (Lipinski definition) is 4. The predicted molar refractivity (Wildman–Crippen MR) is 94.1 cm³/mol. The van der Waals surface area contributed by atoms with Crippen molar-refractivity contribution in [3.63, 3.8) is 0 Å². The molecule has 7 heteroatoms. The third kappa shape index (κ3) is 3.83. The van der Waals surface area contributed by atoms with E-state index in [4.69, 9.17) is 9.84 Å².